The quantitative estimate of drug-likeness (QED) is 0.392. The monoisotopic (exact) mass is 111 g/mol. The van der Waals surface area contributed by atoms with E-state index in [1.165, 1.54) is 0 Å². The molecule has 0 saturated carbocycles. The molecular weight excluding hydrogens is 98.1 g/mol. The van der Waals surface area contributed by atoms with Gasteiger partial charge in [0, 0.05) is 19.1 Å². The predicted octanol–water partition coefficient (Wildman–Crippen LogP) is 1.31. The van der Waals surface area contributed by atoms with E-state index in [1.807, 2.05) is 4.90 Å². The molecule has 46 valence electrons. The second-order valence-electron chi connectivity index (χ2n) is 1.71. The second kappa shape index (κ2) is 4.52. The molecule has 0 N–H and O–H groups in total. The van der Waals surface area contributed by atoms with Crippen molar-refractivity contribution in [1.29, 1.82) is 0 Å². The first-order chi connectivity index (χ1) is 3.85. The van der Waals surface area contributed by atoms with Crippen LogP contribution >= 0.6 is 0 Å². The van der Waals surface area contributed by atoms with E-state index in [-0.39, 0.29) is 0 Å². The first-order valence-electron chi connectivity index (χ1n) is 3.06. The van der Waals surface area contributed by atoms with Crippen LogP contribution in [-0.2, 0) is 0 Å². The van der Waals surface area contributed by atoms with Crippen molar-refractivity contribution in [2.45, 2.75) is 20.3 Å². The summed E-state index contributed by atoms with van der Waals surface area (Å²) in [6.45, 7) is 6.17. The van der Waals surface area contributed by atoms with Gasteiger partial charge in [0.1, 0.15) is 0 Å². The largest absolute Gasteiger partial charge is 0.333 e. The minimum atomic E-state index is 0.963. The highest BCUT2D eigenvalue weighted by molar-refractivity contribution is 4.83. The third-order valence-corrected chi connectivity index (χ3v) is 1.06. The van der Waals surface area contributed by atoms with Gasteiger partial charge in [0.05, 0.1) is 0 Å². The summed E-state index contributed by atoms with van der Waals surface area (Å²) in [5.74, 6) is 0. The Hall–Kier alpha value is -0.640. The highest BCUT2D eigenvalue weighted by Crippen LogP contribution is 1.85. The van der Waals surface area contributed by atoms with Crippen LogP contribution in [-0.4, -0.2) is 18.0 Å². The zero-order valence-corrected chi connectivity index (χ0v) is 5.65. The van der Waals surface area contributed by atoms with Gasteiger partial charge in [0.2, 0.25) is 0 Å². The van der Waals surface area contributed by atoms with Crippen molar-refractivity contribution in [3.05, 3.63) is 0 Å². The van der Waals surface area contributed by atoms with Crippen molar-refractivity contribution in [1.82, 2.24) is 4.90 Å². The lowest BCUT2D eigenvalue weighted by atomic mass is 10.4. The second-order valence-corrected chi connectivity index (χ2v) is 1.71. The third kappa shape index (κ3) is 2.52. The Morgan fingerprint density at radius 3 is 2.25 bits per heavy atom. The van der Waals surface area contributed by atoms with Gasteiger partial charge in [-0.05, 0) is 13.3 Å². The number of hydrogen-bond acceptors (Lipinski definition) is 1. The molecule has 0 heterocycles. The molecule has 1 heteroatoms. The molecule has 0 fully saturated rings. The van der Waals surface area contributed by atoms with Crippen molar-refractivity contribution in [2.24, 2.45) is 0 Å². The first kappa shape index (κ1) is 7.36. The molecule has 0 amide bonds. The maximum atomic E-state index is 5.15. The summed E-state index contributed by atoms with van der Waals surface area (Å²) in [7, 11) is 0. The van der Waals surface area contributed by atoms with E-state index in [0.717, 1.165) is 19.5 Å². The molecule has 0 atom stereocenters. The van der Waals surface area contributed by atoms with Crippen LogP contribution in [0, 0.1) is 12.5 Å². The Bertz CT molecular complexity index is 80.9. The Balaban J connectivity index is 3.26. The van der Waals surface area contributed by atoms with E-state index in [0.29, 0.717) is 0 Å². The molecule has 0 spiro atoms. The summed E-state index contributed by atoms with van der Waals surface area (Å²) in [6, 6.07) is 2.59. The van der Waals surface area contributed by atoms with Gasteiger partial charge in [0.25, 0.3) is 0 Å². The highest BCUT2D eigenvalue weighted by Gasteiger charge is 1.88. The summed E-state index contributed by atoms with van der Waals surface area (Å²) < 4.78 is 0. The molecular formula is C7H13N. The number of rotatable bonds is 3. The smallest absolute Gasteiger partial charge is 0.0257 e. The topological polar surface area (TPSA) is 3.24 Å². The van der Waals surface area contributed by atoms with E-state index in [2.05, 4.69) is 19.9 Å². The molecule has 0 bridgehead atoms. The van der Waals surface area contributed by atoms with Crippen LogP contribution in [0.4, 0.5) is 0 Å². The van der Waals surface area contributed by atoms with Gasteiger partial charge in [-0.3, -0.25) is 0 Å². The van der Waals surface area contributed by atoms with Crippen LogP contribution < -0.4 is 0 Å². The Kier molecular flexibility index (Phi) is 4.16. The molecule has 0 aliphatic carbocycles. The van der Waals surface area contributed by atoms with Gasteiger partial charge >= 0.3 is 0 Å². The summed E-state index contributed by atoms with van der Waals surface area (Å²) >= 11 is 0. The molecule has 8 heavy (non-hydrogen) atoms. The van der Waals surface area contributed by atoms with E-state index in [1.54, 1.807) is 0 Å². The predicted molar refractivity (Wildman–Crippen MR) is 36.4 cm³/mol. The molecule has 0 aromatic heterocycles. The molecule has 0 saturated heterocycles. The van der Waals surface area contributed by atoms with Crippen molar-refractivity contribution < 1.29 is 0 Å². The van der Waals surface area contributed by atoms with Gasteiger partial charge < -0.3 is 4.90 Å². The van der Waals surface area contributed by atoms with E-state index < -0.39 is 0 Å². The minimum Gasteiger partial charge on any atom is -0.333 e. The van der Waals surface area contributed by atoms with Crippen molar-refractivity contribution in [2.75, 3.05) is 13.1 Å². The molecule has 0 unspecified atom stereocenters. The fourth-order valence-corrected chi connectivity index (χ4v) is 0.584. The average Bonchev–Trinajstić information content (AvgIpc) is 1.83. The lowest BCUT2D eigenvalue weighted by Crippen LogP contribution is -2.17. The van der Waals surface area contributed by atoms with Gasteiger partial charge in [-0.25, -0.2) is 0 Å². The van der Waals surface area contributed by atoms with Crippen LogP contribution in [0.5, 0.6) is 0 Å². The maximum Gasteiger partial charge on any atom is 0.0257 e. The molecule has 0 radical (unpaired) electrons. The highest BCUT2D eigenvalue weighted by atomic mass is 15.1. The lowest BCUT2D eigenvalue weighted by Gasteiger charge is -2.11. The van der Waals surface area contributed by atoms with Gasteiger partial charge in [-0.1, -0.05) is 13.3 Å². The number of terminal acetylenes is 1. The van der Waals surface area contributed by atoms with Gasteiger partial charge in [-0.2, -0.15) is 0 Å². The summed E-state index contributed by atoms with van der Waals surface area (Å²) in [6.07, 6.45) is 6.28. The molecule has 0 aromatic carbocycles. The summed E-state index contributed by atoms with van der Waals surface area (Å²) in [5.41, 5.74) is 0. The zero-order valence-electron chi connectivity index (χ0n) is 5.65. The van der Waals surface area contributed by atoms with Crippen LogP contribution in [0.15, 0.2) is 0 Å². The van der Waals surface area contributed by atoms with Crippen LogP contribution in [0.25, 0.3) is 0 Å². The summed E-state index contributed by atoms with van der Waals surface area (Å²) in [4.78, 5) is 1.96. The van der Waals surface area contributed by atoms with E-state index in [9.17, 15) is 0 Å². The maximum absolute atomic E-state index is 5.15. The number of hydrogen-bond donors (Lipinski definition) is 0. The standard InChI is InChI=1S/C7H13N/c1-4-7-8(5-2)6-3/h2H,4,6-7H2,1,3H3. The Labute approximate surface area is 51.7 Å². The van der Waals surface area contributed by atoms with Crippen LogP contribution in [0.2, 0.25) is 0 Å². The van der Waals surface area contributed by atoms with Crippen molar-refractivity contribution >= 4 is 0 Å². The van der Waals surface area contributed by atoms with Crippen molar-refractivity contribution in [3.8, 4) is 12.5 Å². The summed E-state index contributed by atoms with van der Waals surface area (Å²) in [5, 5.41) is 0. The first-order valence-corrected chi connectivity index (χ1v) is 3.06. The minimum absolute atomic E-state index is 0.963. The molecule has 0 aromatic rings. The molecule has 1 nitrogen and oxygen atoms in total. The molecule has 0 aliphatic rings. The molecule has 0 rings (SSSR count). The van der Waals surface area contributed by atoms with Crippen molar-refractivity contribution in [3.63, 3.8) is 0 Å². The lowest BCUT2D eigenvalue weighted by molar-refractivity contribution is 0.420. The fourth-order valence-electron chi connectivity index (χ4n) is 0.584. The Morgan fingerprint density at radius 1 is 1.50 bits per heavy atom. The average molecular weight is 111 g/mol. The zero-order chi connectivity index (χ0) is 6.41. The van der Waals surface area contributed by atoms with Gasteiger partial charge in [-0.15, -0.1) is 0 Å². The van der Waals surface area contributed by atoms with Crippen LogP contribution in [0.3, 0.4) is 0 Å². The van der Waals surface area contributed by atoms with Crippen LogP contribution in [0.1, 0.15) is 20.3 Å². The van der Waals surface area contributed by atoms with E-state index >= 15 is 0 Å². The Morgan fingerprint density at radius 2 is 2.12 bits per heavy atom. The van der Waals surface area contributed by atoms with Gasteiger partial charge in [0.15, 0.2) is 0 Å². The van der Waals surface area contributed by atoms with E-state index in [4.69, 9.17) is 6.42 Å². The fraction of sp³-hybridized carbons (Fsp3) is 0.714. The SMILES string of the molecule is C#CN(CC)CCC. The molecule has 0 aliphatic heterocycles. The third-order valence-electron chi connectivity index (χ3n) is 1.06. The number of nitrogens with zero attached hydrogens (tertiary/aromatic N) is 1. The normalized spacial score (nSPS) is 8.12.